The number of halogens is 1. The Morgan fingerprint density at radius 3 is 2.62 bits per heavy atom. The van der Waals surface area contributed by atoms with Gasteiger partial charge in [0.2, 0.25) is 0 Å². The topological polar surface area (TPSA) is 83.8 Å². The number of hydrogen-bond acceptors (Lipinski definition) is 5. The highest BCUT2D eigenvalue weighted by molar-refractivity contribution is 7.92. The number of hydrogen-bond donors (Lipinski definition) is 1. The lowest BCUT2D eigenvalue weighted by Crippen LogP contribution is -2.44. The molecule has 34 heavy (non-hydrogen) atoms. The van der Waals surface area contributed by atoms with Gasteiger partial charge in [-0.3, -0.25) is 9.69 Å². The highest BCUT2D eigenvalue weighted by Gasteiger charge is 2.33. The molecule has 1 aliphatic heterocycles. The molecule has 180 valence electrons. The summed E-state index contributed by atoms with van der Waals surface area (Å²) >= 11 is 0. The predicted molar refractivity (Wildman–Crippen MR) is 129 cm³/mol. The summed E-state index contributed by atoms with van der Waals surface area (Å²) in [5.41, 5.74) is 0.592. The number of amides is 1. The minimum absolute atomic E-state index is 0.222. The van der Waals surface area contributed by atoms with E-state index in [0.717, 1.165) is 11.2 Å². The zero-order valence-electron chi connectivity index (χ0n) is 19.2. The van der Waals surface area contributed by atoms with Crippen LogP contribution in [0.15, 0.2) is 72.5 Å². The van der Waals surface area contributed by atoms with Crippen LogP contribution in [-0.2, 0) is 16.4 Å². The fourth-order valence-electron chi connectivity index (χ4n) is 4.21. The molecule has 1 amide bonds. The van der Waals surface area contributed by atoms with Crippen molar-refractivity contribution in [2.75, 3.05) is 19.6 Å². The molecule has 0 radical (unpaired) electrons. The number of aromatic nitrogens is 2. The van der Waals surface area contributed by atoms with Gasteiger partial charge >= 0.3 is 0 Å². The van der Waals surface area contributed by atoms with Crippen molar-refractivity contribution in [2.24, 2.45) is 0 Å². The van der Waals surface area contributed by atoms with E-state index in [1.807, 2.05) is 4.90 Å². The maximum Gasteiger partial charge on any atom is 0.253 e. The first-order valence-electron chi connectivity index (χ1n) is 11.3. The summed E-state index contributed by atoms with van der Waals surface area (Å²) in [5.74, 6) is -0.222. The van der Waals surface area contributed by atoms with Gasteiger partial charge in [0, 0.05) is 31.7 Å². The fraction of sp³-hybridized carbons (Fsp3) is 0.360. The van der Waals surface area contributed by atoms with Crippen LogP contribution in [-0.4, -0.2) is 59.2 Å². The molecule has 3 aromatic rings. The van der Waals surface area contributed by atoms with E-state index < -0.39 is 20.8 Å². The van der Waals surface area contributed by atoms with Gasteiger partial charge in [0.25, 0.3) is 5.91 Å². The zero-order chi connectivity index (χ0) is 24.3. The lowest BCUT2D eigenvalue weighted by Gasteiger charge is -2.34. The third-order valence-electron chi connectivity index (χ3n) is 6.29. The minimum atomic E-state index is -3.48. The number of nitrogens with one attached hydrogen (secondary N) is 1. The molecule has 7 nitrogen and oxygen atoms in total. The van der Waals surface area contributed by atoms with Gasteiger partial charge < -0.3 is 9.72 Å². The van der Waals surface area contributed by atoms with Crippen molar-refractivity contribution in [1.29, 1.82) is 0 Å². The average Bonchev–Trinajstić information content (AvgIpc) is 3.31. The van der Waals surface area contributed by atoms with Gasteiger partial charge in [-0.2, -0.15) is 0 Å². The largest absolute Gasteiger partial charge is 0.348 e. The maximum atomic E-state index is 14.2. The Hall–Kier alpha value is -3.04. The first-order chi connectivity index (χ1) is 16.2. The number of sulfone groups is 1. The number of carbonyl (C=O) groups is 1. The van der Waals surface area contributed by atoms with E-state index >= 15 is 0 Å². The van der Waals surface area contributed by atoms with Crippen LogP contribution >= 0.6 is 0 Å². The normalized spacial score (nSPS) is 17.4. The Labute approximate surface area is 199 Å². The van der Waals surface area contributed by atoms with E-state index in [4.69, 9.17) is 0 Å². The number of carbonyl (C=O) groups excluding carboxylic acids is 1. The van der Waals surface area contributed by atoms with Crippen molar-refractivity contribution >= 4 is 21.4 Å². The van der Waals surface area contributed by atoms with E-state index in [1.54, 1.807) is 59.4 Å². The van der Waals surface area contributed by atoms with E-state index in [-0.39, 0.29) is 23.9 Å². The molecule has 3 heterocycles. The molecule has 1 unspecified atom stereocenters. The number of likely N-dealkylation sites (tertiary alicyclic amines) is 1. The van der Waals surface area contributed by atoms with Crippen molar-refractivity contribution in [3.8, 4) is 0 Å². The molecule has 1 aromatic carbocycles. The zero-order valence-corrected chi connectivity index (χ0v) is 20.0. The van der Waals surface area contributed by atoms with Crippen LogP contribution in [0.25, 0.3) is 5.65 Å². The molecule has 1 fully saturated rings. The smallest absolute Gasteiger partial charge is 0.253 e. The molecule has 0 aliphatic carbocycles. The molecule has 1 aliphatic rings. The summed E-state index contributed by atoms with van der Waals surface area (Å²) < 4.78 is 42.2. The van der Waals surface area contributed by atoms with Gasteiger partial charge in [-0.05, 0) is 62.7 Å². The summed E-state index contributed by atoms with van der Waals surface area (Å²) in [5, 5.41) is 2.37. The molecule has 1 saturated heterocycles. The van der Waals surface area contributed by atoms with Gasteiger partial charge in [0.15, 0.2) is 9.84 Å². The Morgan fingerprint density at radius 2 is 1.94 bits per heavy atom. The number of nitrogens with zero attached hydrogens (tertiary/aromatic N) is 3. The average molecular weight is 485 g/mol. The van der Waals surface area contributed by atoms with Crippen LogP contribution < -0.4 is 5.32 Å². The molecular weight excluding hydrogens is 455 g/mol. The highest BCUT2D eigenvalue weighted by Crippen LogP contribution is 2.26. The molecule has 0 bridgehead atoms. The van der Waals surface area contributed by atoms with E-state index in [1.165, 1.54) is 13.0 Å². The number of imidazole rings is 1. The predicted octanol–water partition coefficient (Wildman–Crippen LogP) is 3.42. The van der Waals surface area contributed by atoms with Gasteiger partial charge in [-0.1, -0.05) is 24.8 Å². The summed E-state index contributed by atoms with van der Waals surface area (Å²) in [6.07, 6.45) is 7.37. The highest BCUT2D eigenvalue weighted by atomic mass is 32.2. The van der Waals surface area contributed by atoms with Crippen LogP contribution in [0, 0.1) is 0 Å². The Kier molecular flexibility index (Phi) is 6.86. The molecule has 9 heteroatoms. The number of fused-ring (bicyclic) bond motifs is 1. The quantitative estimate of drug-likeness (QED) is 0.496. The van der Waals surface area contributed by atoms with Gasteiger partial charge in [-0.25, -0.2) is 17.8 Å². The van der Waals surface area contributed by atoms with Crippen molar-refractivity contribution in [3.05, 3.63) is 78.8 Å². The summed E-state index contributed by atoms with van der Waals surface area (Å²) in [7, 11) is -3.48. The van der Waals surface area contributed by atoms with Crippen molar-refractivity contribution in [2.45, 2.75) is 42.1 Å². The third-order valence-corrected chi connectivity index (χ3v) is 8.57. The fourth-order valence-corrected chi connectivity index (χ4v) is 5.94. The summed E-state index contributed by atoms with van der Waals surface area (Å²) in [4.78, 5) is 18.9. The number of benzene rings is 1. The van der Waals surface area contributed by atoms with E-state index in [0.29, 0.717) is 31.5 Å². The molecule has 1 N–H and O–H groups in total. The molecule has 2 aromatic heterocycles. The Bertz CT molecular complexity index is 1280. The number of pyridine rings is 1. The Morgan fingerprint density at radius 1 is 1.24 bits per heavy atom. The molecule has 1 atom stereocenters. The standard InChI is InChI=1S/C25H29FN4O3S/c1-3-25(2,26)18-29-13-10-22(11-14-29)34(32,33)21-7-4-19(5-8-21)16-28-24(31)20-6-9-23-27-12-15-30(23)17-20/h3-9,12,15,17,22H,1,10-11,13-14,16,18H2,2H3,(H,28,31). The lowest BCUT2D eigenvalue weighted by atomic mass is 10.1. The summed E-state index contributed by atoms with van der Waals surface area (Å²) in [6.45, 7) is 6.57. The number of alkyl halides is 1. The van der Waals surface area contributed by atoms with Crippen molar-refractivity contribution in [3.63, 3.8) is 0 Å². The van der Waals surface area contributed by atoms with Crippen molar-refractivity contribution in [1.82, 2.24) is 19.6 Å². The van der Waals surface area contributed by atoms with Crippen LogP contribution in [0.4, 0.5) is 4.39 Å². The SMILES string of the molecule is C=CC(C)(F)CN1CCC(S(=O)(=O)c2ccc(CNC(=O)c3ccc4nccn4c3)cc2)CC1. The number of piperidine rings is 1. The monoisotopic (exact) mass is 484 g/mol. The maximum absolute atomic E-state index is 14.2. The number of rotatable bonds is 8. The molecule has 0 spiro atoms. The van der Waals surface area contributed by atoms with E-state index in [2.05, 4.69) is 16.9 Å². The third kappa shape index (κ3) is 5.37. The Balaban J connectivity index is 1.33. The summed E-state index contributed by atoms with van der Waals surface area (Å²) in [6, 6.07) is 10.1. The minimum Gasteiger partial charge on any atom is -0.348 e. The first kappa shape index (κ1) is 24.1. The van der Waals surface area contributed by atoms with Gasteiger partial charge in [0.05, 0.1) is 15.7 Å². The van der Waals surface area contributed by atoms with Gasteiger partial charge in [-0.15, -0.1) is 0 Å². The van der Waals surface area contributed by atoms with Gasteiger partial charge in [0.1, 0.15) is 11.3 Å². The molecular formula is C25H29FN4O3S. The second-order valence-corrected chi connectivity index (χ2v) is 11.2. The van der Waals surface area contributed by atoms with Crippen LogP contribution in [0.1, 0.15) is 35.7 Å². The second-order valence-electron chi connectivity index (χ2n) is 8.94. The molecule has 0 saturated carbocycles. The lowest BCUT2D eigenvalue weighted by molar-refractivity contribution is 0.0950. The second kappa shape index (κ2) is 9.68. The van der Waals surface area contributed by atoms with Crippen molar-refractivity contribution < 1.29 is 17.6 Å². The van der Waals surface area contributed by atoms with Crippen LogP contribution in [0.5, 0.6) is 0 Å². The first-order valence-corrected chi connectivity index (χ1v) is 12.8. The molecule has 4 rings (SSSR count). The van der Waals surface area contributed by atoms with Crippen LogP contribution in [0.3, 0.4) is 0 Å². The van der Waals surface area contributed by atoms with Crippen LogP contribution in [0.2, 0.25) is 0 Å². The van der Waals surface area contributed by atoms with E-state index in [9.17, 15) is 17.6 Å².